The molecule has 5 nitrogen and oxygen atoms in total. The van der Waals surface area contributed by atoms with E-state index in [1.165, 1.54) is 32.1 Å². The third-order valence-electron chi connectivity index (χ3n) is 4.54. The van der Waals surface area contributed by atoms with Crippen molar-refractivity contribution in [1.82, 2.24) is 15.1 Å². The number of esters is 1. The number of nitrogens with zero attached hydrogens (tertiary/aromatic N) is 2. The topological polar surface area (TPSA) is 56.1 Å². The van der Waals surface area contributed by atoms with Crippen molar-refractivity contribution in [2.24, 2.45) is 13.0 Å². The molecule has 1 aliphatic rings. The van der Waals surface area contributed by atoms with Crippen LogP contribution in [-0.4, -0.2) is 28.4 Å². The van der Waals surface area contributed by atoms with Gasteiger partial charge in [0, 0.05) is 19.6 Å². The first-order valence-corrected chi connectivity index (χ1v) is 8.07. The molecule has 0 unspecified atom stereocenters. The average molecular weight is 293 g/mol. The summed E-state index contributed by atoms with van der Waals surface area (Å²) in [7, 11) is 1.87. The van der Waals surface area contributed by atoms with Gasteiger partial charge >= 0.3 is 5.97 Å². The first-order valence-electron chi connectivity index (χ1n) is 8.07. The van der Waals surface area contributed by atoms with Gasteiger partial charge in [-0.05, 0) is 38.5 Å². The van der Waals surface area contributed by atoms with E-state index in [2.05, 4.69) is 17.3 Å². The van der Waals surface area contributed by atoms with Gasteiger partial charge in [-0.25, -0.2) is 4.79 Å². The van der Waals surface area contributed by atoms with Crippen LogP contribution in [0.15, 0.2) is 6.20 Å². The van der Waals surface area contributed by atoms with Gasteiger partial charge in [0.15, 0.2) is 0 Å². The normalized spacial score (nSPS) is 22.2. The van der Waals surface area contributed by atoms with Gasteiger partial charge in [0.05, 0.1) is 18.5 Å². The minimum Gasteiger partial charge on any atom is -0.462 e. The fraction of sp³-hybridized carbons (Fsp3) is 0.750. The highest BCUT2D eigenvalue weighted by Gasteiger charge is 2.22. The van der Waals surface area contributed by atoms with Crippen molar-refractivity contribution in [3.63, 3.8) is 0 Å². The number of carbonyl (C=O) groups excluding carboxylic acids is 1. The second kappa shape index (κ2) is 7.59. The first-order chi connectivity index (χ1) is 10.2. The summed E-state index contributed by atoms with van der Waals surface area (Å²) in [5, 5.41) is 7.76. The fourth-order valence-electron chi connectivity index (χ4n) is 3.07. The molecule has 1 N–H and O–H groups in total. The highest BCUT2D eigenvalue weighted by atomic mass is 16.5. The predicted octanol–water partition coefficient (Wildman–Crippen LogP) is 2.66. The molecule has 1 saturated carbocycles. The Bertz CT molecular complexity index is 462. The number of carbonyl (C=O) groups is 1. The summed E-state index contributed by atoms with van der Waals surface area (Å²) in [6.07, 6.45) is 7.97. The van der Waals surface area contributed by atoms with Gasteiger partial charge < -0.3 is 10.1 Å². The van der Waals surface area contributed by atoms with Gasteiger partial charge in [-0.15, -0.1) is 0 Å². The molecule has 1 aliphatic carbocycles. The monoisotopic (exact) mass is 293 g/mol. The molecule has 2 rings (SSSR count). The SMILES string of the molecule is CCOC(=O)c1cnn(C)c1CNC1CCC(CC)CC1. The van der Waals surface area contributed by atoms with E-state index in [0.29, 0.717) is 24.8 Å². The Hall–Kier alpha value is -1.36. The molecule has 0 amide bonds. The van der Waals surface area contributed by atoms with E-state index in [1.54, 1.807) is 10.9 Å². The minimum absolute atomic E-state index is 0.280. The van der Waals surface area contributed by atoms with Crippen molar-refractivity contribution in [1.29, 1.82) is 0 Å². The summed E-state index contributed by atoms with van der Waals surface area (Å²) < 4.78 is 6.84. The van der Waals surface area contributed by atoms with Crippen molar-refractivity contribution in [2.75, 3.05) is 6.61 Å². The molecule has 5 heteroatoms. The van der Waals surface area contributed by atoms with Crippen LogP contribution in [0.3, 0.4) is 0 Å². The Morgan fingerprint density at radius 3 is 2.71 bits per heavy atom. The third-order valence-corrected chi connectivity index (χ3v) is 4.54. The zero-order chi connectivity index (χ0) is 15.2. The van der Waals surface area contributed by atoms with Crippen molar-refractivity contribution in [2.45, 2.75) is 58.5 Å². The van der Waals surface area contributed by atoms with Gasteiger partial charge in [0.2, 0.25) is 0 Å². The Balaban J connectivity index is 1.91. The highest BCUT2D eigenvalue weighted by molar-refractivity contribution is 5.90. The Kier molecular flexibility index (Phi) is 5.79. The lowest BCUT2D eigenvalue weighted by Gasteiger charge is -2.28. The lowest BCUT2D eigenvalue weighted by molar-refractivity contribution is 0.0524. The van der Waals surface area contributed by atoms with E-state index < -0.39 is 0 Å². The maximum Gasteiger partial charge on any atom is 0.341 e. The molecule has 0 saturated heterocycles. The second-order valence-electron chi connectivity index (χ2n) is 5.86. The molecule has 0 spiro atoms. The van der Waals surface area contributed by atoms with Crippen molar-refractivity contribution < 1.29 is 9.53 Å². The molecule has 1 aromatic heterocycles. The van der Waals surface area contributed by atoms with Crippen LogP contribution in [0.2, 0.25) is 0 Å². The van der Waals surface area contributed by atoms with Crippen molar-refractivity contribution in [3.05, 3.63) is 17.5 Å². The van der Waals surface area contributed by atoms with Gasteiger partial charge in [0.25, 0.3) is 0 Å². The maximum absolute atomic E-state index is 11.9. The van der Waals surface area contributed by atoms with Gasteiger partial charge in [-0.3, -0.25) is 4.68 Å². The summed E-state index contributed by atoms with van der Waals surface area (Å²) in [6, 6.07) is 0.553. The molecule has 118 valence electrons. The van der Waals surface area contributed by atoms with E-state index in [-0.39, 0.29) is 5.97 Å². The number of hydrogen-bond acceptors (Lipinski definition) is 4. The first kappa shape index (κ1) is 16.0. The minimum atomic E-state index is -0.280. The van der Waals surface area contributed by atoms with Crippen LogP contribution in [0.5, 0.6) is 0 Å². The van der Waals surface area contributed by atoms with Crippen LogP contribution in [-0.2, 0) is 18.3 Å². The summed E-state index contributed by atoms with van der Waals surface area (Å²) >= 11 is 0. The largest absolute Gasteiger partial charge is 0.462 e. The van der Waals surface area contributed by atoms with Crippen LogP contribution < -0.4 is 5.32 Å². The lowest BCUT2D eigenvalue weighted by Crippen LogP contribution is -2.33. The number of hydrogen-bond donors (Lipinski definition) is 1. The molecule has 1 aromatic rings. The van der Waals surface area contributed by atoms with Crippen LogP contribution >= 0.6 is 0 Å². The summed E-state index contributed by atoms with van der Waals surface area (Å²) in [4.78, 5) is 11.9. The number of aromatic nitrogens is 2. The Morgan fingerprint density at radius 1 is 1.38 bits per heavy atom. The van der Waals surface area contributed by atoms with E-state index in [9.17, 15) is 4.79 Å². The lowest BCUT2D eigenvalue weighted by atomic mass is 9.84. The number of ether oxygens (including phenoxy) is 1. The molecular formula is C16H27N3O2. The van der Waals surface area contributed by atoms with E-state index in [4.69, 9.17) is 4.74 Å². The molecule has 0 bridgehead atoms. The predicted molar refractivity (Wildman–Crippen MR) is 82.0 cm³/mol. The molecular weight excluding hydrogens is 266 g/mol. The second-order valence-corrected chi connectivity index (χ2v) is 5.86. The van der Waals surface area contributed by atoms with Crippen LogP contribution in [0.1, 0.15) is 62.0 Å². The quantitative estimate of drug-likeness (QED) is 0.819. The highest BCUT2D eigenvalue weighted by Crippen LogP contribution is 2.26. The van der Waals surface area contributed by atoms with Gasteiger partial charge in [-0.1, -0.05) is 13.3 Å². The average Bonchev–Trinajstić information content (AvgIpc) is 2.87. The van der Waals surface area contributed by atoms with E-state index in [1.807, 2.05) is 14.0 Å². The smallest absolute Gasteiger partial charge is 0.341 e. The van der Waals surface area contributed by atoms with E-state index in [0.717, 1.165) is 11.6 Å². The number of rotatable bonds is 6. The Labute approximate surface area is 127 Å². The molecule has 0 aliphatic heterocycles. The maximum atomic E-state index is 11.9. The molecule has 0 atom stereocenters. The number of aryl methyl sites for hydroxylation is 1. The third kappa shape index (κ3) is 4.06. The zero-order valence-corrected chi connectivity index (χ0v) is 13.4. The van der Waals surface area contributed by atoms with Crippen molar-refractivity contribution in [3.8, 4) is 0 Å². The Morgan fingerprint density at radius 2 is 2.10 bits per heavy atom. The summed E-state index contributed by atoms with van der Waals surface area (Å²) in [6.45, 7) is 5.16. The fourth-order valence-corrected chi connectivity index (χ4v) is 3.07. The van der Waals surface area contributed by atoms with Gasteiger partial charge in [-0.2, -0.15) is 5.10 Å². The zero-order valence-electron chi connectivity index (χ0n) is 13.4. The van der Waals surface area contributed by atoms with Gasteiger partial charge in [0.1, 0.15) is 5.56 Å². The van der Waals surface area contributed by atoms with Crippen molar-refractivity contribution >= 4 is 5.97 Å². The molecule has 21 heavy (non-hydrogen) atoms. The van der Waals surface area contributed by atoms with Crippen LogP contribution in [0.4, 0.5) is 0 Å². The summed E-state index contributed by atoms with van der Waals surface area (Å²) in [5.74, 6) is 0.618. The van der Waals surface area contributed by atoms with E-state index >= 15 is 0 Å². The summed E-state index contributed by atoms with van der Waals surface area (Å²) in [5.41, 5.74) is 1.49. The molecule has 1 fully saturated rings. The van der Waals surface area contributed by atoms with Crippen LogP contribution in [0, 0.1) is 5.92 Å². The standard InChI is InChI=1S/C16H27N3O2/c1-4-12-6-8-13(9-7-12)17-11-15-14(10-18-19(15)3)16(20)21-5-2/h10,12-13,17H,4-9,11H2,1-3H3. The molecule has 0 radical (unpaired) electrons. The number of nitrogens with one attached hydrogen (secondary N) is 1. The van der Waals surface area contributed by atoms with Crippen LogP contribution in [0.25, 0.3) is 0 Å². The molecule has 0 aromatic carbocycles. The molecule has 1 heterocycles.